The van der Waals surface area contributed by atoms with E-state index in [1.54, 1.807) is 0 Å². The first kappa shape index (κ1) is 15.3. The maximum atomic E-state index is 12.3. The topological polar surface area (TPSA) is 34.1 Å². The molecule has 1 fully saturated rings. The fourth-order valence-electron chi connectivity index (χ4n) is 2.14. The van der Waals surface area contributed by atoms with Crippen molar-refractivity contribution in [3.8, 4) is 0 Å². The molecule has 0 radical (unpaired) electrons. The summed E-state index contributed by atoms with van der Waals surface area (Å²) in [4.78, 5) is -1.96. The third kappa shape index (κ3) is 4.43. The van der Waals surface area contributed by atoms with Crippen LogP contribution in [0.5, 0.6) is 0 Å². The van der Waals surface area contributed by atoms with Gasteiger partial charge in [0.05, 0.1) is 11.0 Å². The molecule has 1 aliphatic rings. The molecule has 0 heterocycles. The highest BCUT2D eigenvalue weighted by atomic mass is 79.9. The van der Waals surface area contributed by atoms with Gasteiger partial charge in [-0.15, -0.1) is 0 Å². The van der Waals surface area contributed by atoms with Gasteiger partial charge in [-0.1, -0.05) is 35.7 Å². The summed E-state index contributed by atoms with van der Waals surface area (Å²) in [6.07, 6.45) is -1.79. The van der Waals surface area contributed by atoms with Crippen molar-refractivity contribution < 1.29 is 21.6 Å². The van der Waals surface area contributed by atoms with Crippen LogP contribution in [0.1, 0.15) is 32.6 Å². The van der Waals surface area contributed by atoms with Gasteiger partial charge in [0.15, 0.2) is 9.84 Å². The Hall–Kier alpha value is 0.220. The Balaban J connectivity index is 2.68. The Morgan fingerprint density at radius 1 is 1.35 bits per heavy atom. The second-order valence-electron chi connectivity index (χ2n) is 4.73. The molecular weight excluding hydrogens is 321 g/mol. The van der Waals surface area contributed by atoms with Crippen molar-refractivity contribution in [2.75, 3.05) is 5.75 Å². The molecule has 102 valence electrons. The maximum absolute atomic E-state index is 12.3. The van der Waals surface area contributed by atoms with Gasteiger partial charge in [0, 0.05) is 0 Å². The summed E-state index contributed by atoms with van der Waals surface area (Å²) in [5.74, 6) is -0.573. The van der Waals surface area contributed by atoms with Gasteiger partial charge in [0.1, 0.15) is 4.83 Å². The average Bonchev–Trinajstić information content (AvgIpc) is 2.15. The van der Waals surface area contributed by atoms with Gasteiger partial charge >= 0.3 is 6.18 Å². The molecule has 0 aromatic carbocycles. The maximum Gasteiger partial charge on any atom is 0.402 e. The molecule has 7 heteroatoms. The molecule has 1 rings (SSSR count). The third-order valence-corrected chi connectivity index (χ3v) is 6.64. The van der Waals surface area contributed by atoms with E-state index in [1.807, 2.05) is 6.92 Å². The Morgan fingerprint density at radius 3 is 2.41 bits per heavy atom. The Bertz CT molecular complexity index is 353. The summed E-state index contributed by atoms with van der Waals surface area (Å²) >= 11 is 2.41. The minimum atomic E-state index is -4.51. The van der Waals surface area contributed by atoms with Crippen molar-refractivity contribution in [2.45, 2.75) is 48.9 Å². The minimum absolute atomic E-state index is 0.281. The van der Waals surface area contributed by atoms with Gasteiger partial charge < -0.3 is 0 Å². The minimum Gasteiger partial charge on any atom is -0.229 e. The van der Waals surface area contributed by atoms with E-state index in [0.717, 1.165) is 12.8 Å². The lowest BCUT2D eigenvalue weighted by Gasteiger charge is -2.27. The van der Waals surface area contributed by atoms with E-state index in [9.17, 15) is 21.6 Å². The van der Waals surface area contributed by atoms with Crippen LogP contribution in [0.3, 0.4) is 0 Å². The summed E-state index contributed by atoms with van der Waals surface area (Å²) in [5.41, 5.74) is 0. The smallest absolute Gasteiger partial charge is 0.229 e. The average molecular weight is 337 g/mol. The molecule has 3 atom stereocenters. The van der Waals surface area contributed by atoms with E-state index < -0.39 is 31.8 Å². The largest absolute Gasteiger partial charge is 0.402 e. The lowest BCUT2D eigenvalue weighted by atomic mass is 9.91. The predicted octanol–water partition coefficient (Wildman–Crippen LogP) is 3.31. The molecule has 0 N–H and O–H groups in total. The second-order valence-corrected chi connectivity index (χ2v) is 8.16. The van der Waals surface area contributed by atoms with Crippen LogP contribution in [0.15, 0.2) is 0 Å². The lowest BCUT2D eigenvalue weighted by molar-refractivity contribution is -0.123. The molecular formula is C10H16BrF3O2S. The molecule has 3 unspecified atom stereocenters. The molecule has 0 aliphatic heterocycles. The zero-order valence-electron chi connectivity index (χ0n) is 9.50. The number of alkyl halides is 4. The second kappa shape index (κ2) is 5.47. The van der Waals surface area contributed by atoms with Gasteiger partial charge in [-0.2, -0.15) is 13.2 Å². The van der Waals surface area contributed by atoms with Crippen LogP contribution in [0, 0.1) is 5.92 Å². The number of halogens is 4. The van der Waals surface area contributed by atoms with E-state index >= 15 is 0 Å². The molecule has 0 spiro atoms. The van der Waals surface area contributed by atoms with Crippen molar-refractivity contribution >= 4 is 25.8 Å². The van der Waals surface area contributed by atoms with Gasteiger partial charge in [-0.05, 0) is 18.8 Å². The van der Waals surface area contributed by atoms with Crippen LogP contribution in [-0.2, 0) is 9.84 Å². The summed E-state index contributed by atoms with van der Waals surface area (Å²) in [6.45, 7) is 1.94. The molecule has 0 saturated heterocycles. The first-order chi connectivity index (χ1) is 7.63. The van der Waals surface area contributed by atoms with Gasteiger partial charge in [0.25, 0.3) is 0 Å². The van der Waals surface area contributed by atoms with Gasteiger partial charge in [-0.3, -0.25) is 0 Å². The molecule has 0 bridgehead atoms. The van der Waals surface area contributed by atoms with Crippen molar-refractivity contribution in [3.63, 3.8) is 0 Å². The monoisotopic (exact) mass is 336 g/mol. The van der Waals surface area contributed by atoms with E-state index in [0.29, 0.717) is 12.8 Å². The molecule has 17 heavy (non-hydrogen) atoms. The molecule has 1 aliphatic carbocycles. The summed E-state index contributed by atoms with van der Waals surface area (Å²) < 4.78 is 60.7. The van der Waals surface area contributed by atoms with E-state index in [4.69, 9.17) is 0 Å². The third-order valence-electron chi connectivity index (χ3n) is 3.13. The number of hydrogen-bond acceptors (Lipinski definition) is 2. The molecule has 0 aromatic rings. The molecule has 1 saturated carbocycles. The van der Waals surface area contributed by atoms with Crippen molar-refractivity contribution in [1.82, 2.24) is 0 Å². The predicted molar refractivity (Wildman–Crippen MR) is 64.0 cm³/mol. The highest BCUT2D eigenvalue weighted by Crippen LogP contribution is 2.32. The Kier molecular flexibility index (Phi) is 4.91. The van der Waals surface area contributed by atoms with Crippen LogP contribution >= 0.6 is 15.9 Å². The van der Waals surface area contributed by atoms with Crippen molar-refractivity contribution in [1.29, 1.82) is 0 Å². The first-order valence-electron chi connectivity index (χ1n) is 5.55. The summed E-state index contributed by atoms with van der Waals surface area (Å²) in [6, 6.07) is 0. The van der Waals surface area contributed by atoms with Crippen molar-refractivity contribution in [3.05, 3.63) is 0 Å². The highest BCUT2D eigenvalue weighted by Gasteiger charge is 2.42. The quantitative estimate of drug-likeness (QED) is 0.741. The fourth-order valence-corrected chi connectivity index (χ4v) is 5.26. The zero-order valence-corrected chi connectivity index (χ0v) is 11.9. The number of hydrogen-bond donors (Lipinski definition) is 0. The van der Waals surface area contributed by atoms with Crippen LogP contribution in [0.2, 0.25) is 0 Å². The SMILES string of the molecule is CC1CCCC(S(=O)(=O)CC(Br)C(F)(F)F)C1. The fraction of sp³-hybridized carbons (Fsp3) is 1.00. The van der Waals surface area contributed by atoms with Gasteiger partial charge in [0.2, 0.25) is 0 Å². The van der Waals surface area contributed by atoms with Crippen LogP contribution in [0.25, 0.3) is 0 Å². The summed E-state index contributed by atoms with van der Waals surface area (Å²) in [5, 5.41) is -0.603. The molecule has 0 amide bonds. The lowest BCUT2D eigenvalue weighted by Crippen LogP contribution is -2.37. The van der Waals surface area contributed by atoms with Crippen LogP contribution < -0.4 is 0 Å². The van der Waals surface area contributed by atoms with Gasteiger partial charge in [-0.25, -0.2) is 8.42 Å². The molecule has 2 nitrogen and oxygen atoms in total. The van der Waals surface area contributed by atoms with E-state index in [2.05, 4.69) is 15.9 Å². The normalized spacial score (nSPS) is 29.0. The van der Waals surface area contributed by atoms with E-state index in [-0.39, 0.29) is 5.92 Å². The first-order valence-corrected chi connectivity index (χ1v) is 8.18. The number of rotatable bonds is 3. The van der Waals surface area contributed by atoms with Crippen LogP contribution in [-0.4, -0.2) is 30.4 Å². The summed E-state index contributed by atoms with van der Waals surface area (Å²) in [7, 11) is -3.67. The zero-order chi connectivity index (χ0) is 13.3. The Labute approximate surface area is 108 Å². The highest BCUT2D eigenvalue weighted by molar-refractivity contribution is 9.09. The van der Waals surface area contributed by atoms with E-state index in [1.165, 1.54) is 0 Å². The number of sulfone groups is 1. The molecule has 0 aromatic heterocycles. The van der Waals surface area contributed by atoms with Crippen LogP contribution in [0.4, 0.5) is 13.2 Å². The standard InChI is InChI=1S/C10H16BrF3O2S/c1-7-3-2-4-8(5-7)17(15,16)6-9(11)10(12,13)14/h7-9H,2-6H2,1H3. The Morgan fingerprint density at radius 2 is 1.94 bits per heavy atom. The van der Waals surface area contributed by atoms with Crippen molar-refractivity contribution in [2.24, 2.45) is 5.92 Å².